The van der Waals surface area contributed by atoms with E-state index >= 15 is 0 Å². The van der Waals surface area contributed by atoms with Gasteiger partial charge in [-0.3, -0.25) is 4.79 Å². The van der Waals surface area contributed by atoms with Gasteiger partial charge in [-0.15, -0.1) is 0 Å². The summed E-state index contributed by atoms with van der Waals surface area (Å²) in [5, 5.41) is 0. The minimum Gasteiger partial charge on any atom is -0.466 e. The fourth-order valence-electron chi connectivity index (χ4n) is 1.22. The highest BCUT2D eigenvalue weighted by Gasteiger charge is 1.92. The van der Waals surface area contributed by atoms with Crippen molar-refractivity contribution >= 4 is 5.97 Å². The van der Waals surface area contributed by atoms with E-state index in [2.05, 4.69) is 19.1 Å². The van der Waals surface area contributed by atoms with Gasteiger partial charge in [0, 0.05) is 6.92 Å². The molecule has 0 heterocycles. The zero-order valence-electron chi connectivity index (χ0n) is 9.42. The van der Waals surface area contributed by atoms with Crippen molar-refractivity contribution in [3.63, 3.8) is 0 Å². The van der Waals surface area contributed by atoms with Crippen molar-refractivity contribution in [3.05, 3.63) is 12.2 Å². The van der Waals surface area contributed by atoms with E-state index in [0.717, 1.165) is 19.3 Å². The molecule has 0 aliphatic carbocycles. The molecule has 82 valence electrons. The molecule has 0 rings (SSSR count). The lowest BCUT2D eigenvalue weighted by Crippen LogP contribution is -1.99. The minimum atomic E-state index is -0.170. The SMILES string of the molecule is CC/C=C/CCCCCCOC(C)=O. The molecule has 0 aromatic rings. The molecule has 0 aromatic carbocycles. The Morgan fingerprint density at radius 1 is 1.14 bits per heavy atom. The van der Waals surface area contributed by atoms with Crippen LogP contribution in [-0.4, -0.2) is 12.6 Å². The molecule has 0 unspecified atom stereocenters. The molecule has 0 saturated carbocycles. The molecule has 0 radical (unpaired) electrons. The van der Waals surface area contributed by atoms with E-state index < -0.39 is 0 Å². The number of hydrogen-bond donors (Lipinski definition) is 0. The highest BCUT2D eigenvalue weighted by molar-refractivity contribution is 5.65. The molecular formula is C12H22O2. The molecule has 0 bridgehead atoms. The van der Waals surface area contributed by atoms with Crippen LogP contribution in [0, 0.1) is 0 Å². The standard InChI is InChI=1S/C12H22O2/c1-3-4-5-6-7-8-9-10-11-14-12(2)13/h4-5H,3,6-11H2,1-2H3/b5-4+. The molecule has 2 heteroatoms. The average Bonchev–Trinajstić information content (AvgIpc) is 2.15. The number of hydrogen-bond acceptors (Lipinski definition) is 2. The van der Waals surface area contributed by atoms with Crippen molar-refractivity contribution < 1.29 is 9.53 Å². The number of carbonyl (C=O) groups excluding carboxylic acids is 1. The first-order valence-corrected chi connectivity index (χ1v) is 5.55. The molecule has 0 aliphatic rings. The number of ether oxygens (including phenoxy) is 1. The van der Waals surface area contributed by atoms with Crippen molar-refractivity contribution in [2.24, 2.45) is 0 Å². The Bertz CT molecular complexity index is 162. The first-order chi connectivity index (χ1) is 6.77. The zero-order valence-corrected chi connectivity index (χ0v) is 9.42. The van der Waals surface area contributed by atoms with Crippen LogP contribution in [0.4, 0.5) is 0 Å². The van der Waals surface area contributed by atoms with Gasteiger partial charge in [0.2, 0.25) is 0 Å². The predicted molar refractivity (Wildman–Crippen MR) is 59.1 cm³/mol. The number of allylic oxidation sites excluding steroid dienone is 2. The van der Waals surface area contributed by atoms with Crippen LogP contribution < -0.4 is 0 Å². The van der Waals surface area contributed by atoms with Crippen LogP contribution in [-0.2, 0) is 9.53 Å². The summed E-state index contributed by atoms with van der Waals surface area (Å²) < 4.78 is 4.83. The third-order valence-corrected chi connectivity index (χ3v) is 1.97. The second-order valence-electron chi connectivity index (χ2n) is 3.42. The van der Waals surface area contributed by atoms with E-state index in [4.69, 9.17) is 4.74 Å². The van der Waals surface area contributed by atoms with Crippen LogP contribution in [0.15, 0.2) is 12.2 Å². The highest BCUT2D eigenvalue weighted by atomic mass is 16.5. The molecule has 0 atom stereocenters. The van der Waals surface area contributed by atoms with E-state index in [-0.39, 0.29) is 5.97 Å². The molecule has 0 amide bonds. The van der Waals surface area contributed by atoms with Crippen molar-refractivity contribution in [2.75, 3.05) is 6.61 Å². The summed E-state index contributed by atoms with van der Waals surface area (Å²) in [5.41, 5.74) is 0. The summed E-state index contributed by atoms with van der Waals surface area (Å²) in [6.07, 6.45) is 11.4. The zero-order chi connectivity index (χ0) is 10.6. The van der Waals surface area contributed by atoms with E-state index in [1.165, 1.54) is 26.2 Å². The lowest BCUT2D eigenvalue weighted by atomic mass is 10.1. The fourth-order valence-corrected chi connectivity index (χ4v) is 1.22. The highest BCUT2D eigenvalue weighted by Crippen LogP contribution is 2.04. The topological polar surface area (TPSA) is 26.3 Å². The van der Waals surface area contributed by atoms with Gasteiger partial charge in [-0.1, -0.05) is 31.9 Å². The van der Waals surface area contributed by atoms with E-state index in [1.54, 1.807) is 0 Å². The Labute approximate surface area is 87.3 Å². The Morgan fingerprint density at radius 3 is 2.50 bits per heavy atom. The van der Waals surface area contributed by atoms with Crippen molar-refractivity contribution in [3.8, 4) is 0 Å². The van der Waals surface area contributed by atoms with Gasteiger partial charge in [0.1, 0.15) is 0 Å². The second kappa shape index (κ2) is 10.3. The van der Waals surface area contributed by atoms with Crippen molar-refractivity contribution in [2.45, 2.75) is 52.4 Å². The molecule has 0 N–H and O–H groups in total. The van der Waals surface area contributed by atoms with E-state index in [1.807, 2.05) is 0 Å². The van der Waals surface area contributed by atoms with Gasteiger partial charge in [-0.05, 0) is 25.7 Å². The minimum absolute atomic E-state index is 0.170. The molecule has 2 nitrogen and oxygen atoms in total. The Balaban J connectivity index is 2.99. The molecule has 0 spiro atoms. The maximum atomic E-state index is 10.4. The summed E-state index contributed by atoms with van der Waals surface area (Å²) in [7, 11) is 0. The maximum Gasteiger partial charge on any atom is 0.302 e. The first-order valence-electron chi connectivity index (χ1n) is 5.55. The summed E-state index contributed by atoms with van der Waals surface area (Å²) in [5.74, 6) is -0.170. The van der Waals surface area contributed by atoms with Crippen LogP contribution in [0.25, 0.3) is 0 Å². The lowest BCUT2D eigenvalue weighted by Gasteiger charge is -2.00. The predicted octanol–water partition coefficient (Wildman–Crippen LogP) is 3.47. The summed E-state index contributed by atoms with van der Waals surface area (Å²) in [6, 6.07) is 0. The number of unbranched alkanes of at least 4 members (excludes halogenated alkanes) is 4. The number of rotatable bonds is 8. The Morgan fingerprint density at radius 2 is 1.86 bits per heavy atom. The first kappa shape index (κ1) is 13.2. The van der Waals surface area contributed by atoms with Crippen molar-refractivity contribution in [1.82, 2.24) is 0 Å². The average molecular weight is 198 g/mol. The Hall–Kier alpha value is -0.790. The third kappa shape index (κ3) is 11.2. The second-order valence-corrected chi connectivity index (χ2v) is 3.42. The largest absolute Gasteiger partial charge is 0.466 e. The number of carbonyl (C=O) groups is 1. The van der Waals surface area contributed by atoms with Crippen LogP contribution in [0.5, 0.6) is 0 Å². The van der Waals surface area contributed by atoms with Crippen LogP contribution in [0.2, 0.25) is 0 Å². The molecule has 0 saturated heterocycles. The van der Waals surface area contributed by atoms with Gasteiger partial charge in [-0.2, -0.15) is 0 Å². The maximum absolute atomic E-state index is 10.4. The smallest absolute Gasteiger partial charge is 0.302 e. The van der Waals surface area contributed by atoms with Gasteiger partial charge in [-0.25, -0.2) is 0 Å². The van der Waals surface area contributed by atoms with Crippen LogP contribution in [0.1, 0.15) is 52.4 Å². The van der Waals surface area contributed by atoms with Crippen molar-refractivity contribution in [1.29, 1.82) is 0 Å². The third-order valence-electron chi connectivity index (χ3n) is 1.97. The summed E-state index contributed by atoms with van der Waals surface area (Å²) in [4.78, 5) is 10.4. The van der Waals surface area contributed by atoms with Gasteiger partial charge in [0.25, 0.3) is 0 Å². The van der Waals surface area contributed by atoms with E-state index in [9.17, 15) is 4.79 Å². The van der Waals surface area contributed by atoms with E-state index in [0.29, 0.717) is 6.61 Å². The summed E-state index contributed by atoms with van der Waals surface area (Å²) in [6.45, 7) is 4.19. The van der Waals surface area contributed by atoms with Gasteiger partial charge in [0.05, 0.1) is 6.61 Å². The molecule has 0 fully saturated rings. The normalized spacial score (nSPS) is 10.7. The monoisotopic (exact) mass is 198 g/mol. The van der Waals surface area contributed by atoms with Gasteiger partial charge in [0.15, 0.2) is 0 Å². The molecule has 14 heavy (non-hydrogen) atoms. The molecule has 0 aliphatic heterocycles. The molecular weight excluding hydrogens is 176 g/mol. The van der Waals surface area contributed by atoms with Gasteiger partial charge < -0.3 is 4.74 Å². The van der Waals surface area contributed by atoms with Crippen LogP contribution >= 0.6 is 0 Å². The quantitative estimate of drug-likeness (QED) is 0.339. The molecule has 0 aromatic heterocycles. The van der Waals surface area contributed by atoms with Crippen LogP contribution in [0.3, 0.4) is 0 Å². The summed E-state index contributed by atoms with van der Waals surface area (Å²) >= 11 is 0. The fraction of sp³-hybridized carbons (Fsp3) is 0.750. The lowest BCUT2D eigenvalue weighted by molar-refractivity contribution is -0.141. The Kier molecular flexibility index (Phi) is 9.71. The number of esters is 1. The van der Waals surface area contributed by atoms with Gasteiger partial charge >= 0.3 is 5.97 Å².